The summed E-state index contributed by atoms with van der Waals surface area (Å²) in [5.74, 6) is 2.59. The maximum absolute atomic E-state index is 14.5. The summed E-state index contributed by atoms with van der Waals surface area (Å²) in [6.07, 6.45) is 0. The molecule has 0 amide bonds. The van der Waals surface area contributed by atoms with Gasteiger partial charge in [0, 0.05) is 39.0 Å². The van der Waals surface area contributed by atoms with Gasteiger partial charge in [0.1, 0.15) is 34.1 Å². The Balaban J connectivity index is 1.02. The summed E-state index contributed by atoms with van der Waals surface area (Å²) in [7, 11) is 3.37. The van der Waals surface area contributed by atoms with E-state index >= 15 is 0 Å². The van der Waals surface area contributed by atoms with Crippen molar-refractivity contribution in [3.63, 3.8) is 0 Å². The third kappa shape index (κ3) is 8.47. The van der Waals surface area contributed by atoms with E-state index in [-0.39, 0.29) is 5.82 Å². The Morgan fingerprint density at radius 3 is 1.67 bits per heavy atom. The largest absolute Gasteiger partial charge is 0.497 e. The van der Waals surface area contributed by atoms with Crippen molar-refractivity contribution in [1.29, 1.82) is 0 Å². The van der Waals surface area contributed by atoms with Crippen LogP contribution >= 0.6 is 11.7 Å². The van der Waals surface area contributed by atoms with Crippen LogP contribution in [0.2, 0.25) is 0 Å². The molecule has 12 aromatic rings. The van der Waals surface area contributed by atoms with E-state index in [9.17, 15) is 4.39 Å². The molecule has 0 fully saturated rings. The first-order valence-electron chi connectivity index (χ1n) is 24.4. The average Bonchev–Trinajstić information content (AvgIpc) is 4.08. The minimum absolute atomic E-state index is 0.273. The van der Waals surface area contributed by atoms with Gasteiger partial charge in [-0.05, 0) is 165 Å². The highest BCUT2D eigenvalue weighted by atomic mass is 32.1. The number of halogens is 1. The molecule has 10 aromatic carbocycles. The van der Waals surface area contributed by atoms with Gasteiger partial charge in [-0.3, -0.25) is 0 Å². The minimum atomic E-state index is -0.273. The standard InChI is InChI=1S/C64H49FN4O3S/c1-40(2)39-72-54-32-26-51(27-33-54)69-59-35-19-47(38-58(59)61-55-8-6-5-7-46(55)37-57(64(61)69)45-9-20-48(65)21-10-45)56-34-36-60(63-62(56)66-73-67-63)68(49-22-11-41(12-23-49)43-15-28-52(70-3)29-16-43)50-24-13-42(14-25-50)44-17-30-53(71-4)31-18-44/h5-38,40H,39H2,1-4H3. The number of ether oxygens (including phenoxy) is 3. The maximum Gasteiger partial charge on any atom is 0.129 e. The van der Waals surface area contributed by atoms with Crippen LogP contribution in [0.5, 0.6) is 17.2 Å². The van der Waals surface area contributed by atoms with Crippen molar-refractivity contribution >= 4 is 72.4 Å². The first kappa shape index (κ1) is 45.4. The summed E-state index contributed by atoms with van der Waals surface area (Å²) in [6, 6.07) is 70.5. The first-order valence-corrected chi connectivity index (χ1v) is 25.1. The zero-order valence-corrected chi connectivity index (χ0v) is 41.5. The quantitative estimate of drug-likeness (QED) is 0.115. The first-order chi connectivity index (χ1) is 35.8. The van der Waals surface area contributed by atoms with E-state index in [1.807, 2.05) is 48.5 Å². The lowest BCUT2D eigenvalue weighted by atomic mass is 9.95. The number of rotatable bonds is 13. The molecule has 0 spiro atoms. The van der Waals surface area contributed by atoms with Crippen LogP contribution in [0.4, 0.5) is 21.5 Å². The predicted octanol–water partition coefficient (Wildman–Crippen LogP) is 17.3. The normalized spacial score (nSPS) is 11.5. The predicted molar refractivity (Wildman–Crippen MR) is 299 cm³/mol. The Hall–Kier alpha value is -8.79. The monoisotopic (exact) mass is 972 g/mol. The molecule has 0 aliphatic heterocycles. The van der Waals surface area contributed by atoms with Crippen LogP contribution in [0.1, 0.15) is 13.8 Å². The van der Waals surface area contributed by atoms with Crippen molar-refractivity contribution in [2.45, 2.75) is 13.8 Å². The second kappa shape index (κ2) is 19.1. The van der Waals surface area contributed by atoms with Gasteiger partial charge in [0.2, 0.25) is 0 Å². The summed E-state index contributed by atoms with van der Waals surface area (Å²) in [6.45, 7) is 4.93. The third-order valence-corrected chi connectivity index (χ3v) is 14.2. The highest BCUT2D eigenvalue weighted by molar-refractivity contribution is 7.00. The Morgan fingerprint density at radius 1 is 0.521 bits per heavy atom. The molecule has 0 N–H and O–H groups in total. The molecule has 0 unspecified atom stereocenters. The fourth-order valence-electron chi connectivity index (χ4n) is 10.00. The van der Waals surface area contributed by atoms with Crippen molar-refractivity contribution in [2.75, 3.05) is 25.7 Å². The molecule has 0 bridgehead atoms. The van der Waals surface area contributed by atoms with Gasteiger partial charge in [-0.15, -0.1) is 0 Å². The summed E-state index contributed by atoms with van der Waals surface area (Å²) in [5, 5.41) is 4.43. The molecule has 12 rings (SSSR count). The molecule has 7 nitrogen and oxygen atoms in total. The summed E-state index contributed by atoms with van der Waals surface area (Å²) in [5.41, 5.74) is 15.9. The van der Waals surface area contributed by atoms with Gasteiger partial charge in [-0.25, -0.2) is 4.39 Å². The number of anilines is 3. The second-order valence-electron chi connectivity index (χ2n) is 18.6. The molecule has 0 radical (unpaired) electrons. The van der Waals surface area contributed by atoms with E-state index in [2.05, 4.69) is 169 Å². The van der Waals surface area contributed by atoms with Crippen molar-refractivity contribution < 1.29 is 18.6 Å². The molecule has 0 saturated carbocycles. The third-order valence-electron chi connectivity index (χ3n) is 13.6. The number of nitrogens with zero attached hydrogens (tertiary/aromatic N) is 4. The number of hydrogen-bond donors (Lipinski definition) is 0. The maximum atomic E-state index is 14.5. The summed E-state index contributed by atoms with van der Waals surface area (Å²) >= 11 is 1.22. The number of fused-ring (bicyclic) bond motifs is 6. The molecule has 0 aliphatic carbocycles. The topological polar surface area (TPSA) is 61.6 Å². The average molecular weight is 973 g/mol. The number of hydrogen-bond acceptors (Lipinski definition) is 7. The number of methoxy groups -OCH3 is 2. The highest BCUT2D eigenvalue weighted by Crippen LogP contribution is 2.46. The van der Waals surface area contributed by atoms with Crippen LogP contribution in [-0.4, -0.2) is 34.1 Å². The van der Waals surface area contributed by atoms with Gasteiger partial charge in [0.05, 0.1) is 49.3 Å². The molecular formula is C64H49FN4O3S. The highest BCUT2D eigenvalue weighted by Gasteiger charge is 2.24. The van der Waals surface area contributed by atoms with Crippen LogP contribution in [0.3, 0.4) is 0 Å². The van der Waals surface area contributed by atoms with Gasteiger partial charge in [-0.1, -0.05) is 105 Å². The lowest BCUT2D eigenvalue weighted by Gasteiger charge is -2.26. The van der Waals surface area contributed by atoms with Gasteiger partial charge in [0.15, 0.2) is 0 Å². The zero-order valence-electron chi connectivity index (χ0n) is 40.7. The molecule has 356 valence electrons. The van der Waals surface area contributed by atoms with E-state index in [0.29, 0.717) is 12.5 Å². The number of aromatic nitrogens is 3. The SMILES string of the molecule is COc1ccc(-c2ccc(N(c3ccc(-c4ccc(OC)cc4)cc3)c3ccc(-c4ccc5c(c4)c4c6ccccc6cc(-c6ccc(F)cc6)c4n5-c4ccc(OCC(C)C)cc4)c4nsnc34)cc2)cc1. The molecule has 2 aromatic heterocycles. The minimum Gasteiger partial charge on any atom is -0.497 e. The van der Waals surface area contributed by atoms with Crippen LogP contribution in [-0.2, 0) is 0 Å². The van der Waals surface area contributed by atoms with Gasteiger partial charge >= 0.3 is 0 Å². The van der Waals surface area contributed by atoms with E-state index in [0.717, 1.165) is 128 Å². The van der Waals surface area contributed by atoms with E-state index in [1.54, 1.807) is 14.2 Å². The van der Waals surface area contributed by atoms with Crippen molar-refractivity contribution in [1.82, 2.24) is 13.3 Å². The Bertz CT molecular complexity index is 3850. The lowest BCUT2D eigenvalue weighted by Crippen LogP contribution is -2.10. The van der Waals surface area contributed by atoms with Crippen molar-refractivity contribution in [3.8, 4) is 67.4 Å². The van der Waals surface area contributed by atoms with Gasteiger partial charge in [0.25, 0.3) is 0 Å². The second-order valence-corrected chi connectivity index (χ2v) is 19.2. The fraction of sp³-hybridized carbons (Fsp3) is 0.0938. The zero-order chi connectivity index (χ0) is 49.6. The van der Waals surface area contributed by atoms with E-state index in [4.69, 9.17) is 23.0 Å². The van der Waals surface area contributed by atoms with E-state index < -0.39 is 0 Å². The van der Waals surface area contributed by atoms with Gasteiger partial charge < -0.3 is 23.7 Å². The lowest BCUT2D eigenvalue weighted by molar-refractivity contribution is 0.271. The van der Waals surface area contributed by atoms with Crippen molar-refractivity contribution in [2.24, 2.45) is 5.92 Å². The molecule has 0 saturated heterocycles. The Kier molecular flexibility index (Phi) is 11.9. The number of benzene rings is 10. The van der Waals surface area contributed by atoms with Crippen LogP contribution in [0, 0.1) is 11.7 Å². The van der Waals surface area contributed by atoms with E-state index in [1.165, 1.54) is 23.9 Å². The Morgan fingerprint density at radius 2 is 1.07 bits per heavy atom. The molecule has 0 aliphatic rings. The smallest absolute Gasteiger partial charge is 0.129 e. The molecule has 0 atom stereocenters. The molecule has 2 heterocycles. The summed E-state index contributed by atoms with van der Waals surface area (Å²) < 4.78 is 43.9. The van der Waals surface area contributed by atoms with Crippen molar-refractivity contribution in [3.05, 3.63) is 212 Å². The summed E-state index contributed by atoms with van der Waals surface area (Å²) in [4.78, 5) is 2.27. The van der Waals surface area contributed by atoms with Crippen LogP contribution < -0.4 is 19.1 Å². The fourth-order valence-corrected chi connectivity index (χ4v) is 10.6. The van der Waals surface area contributed by atoms with Gasteiger partial charge in [-0.2, -0.15) is 8.75 Å². The molecule has 73 heavy (non-hydrogen) atoms. The molecule has 9 heteroatoms. The Labute approximate surface area is 427 Å². The molecular weight excluding hydrogens is 924 g/mol. The van der Waals surface area contributed by atoms with Crippen LogP contribution in [0.25, 0.3) is 93.8 Å². The van der Waals surface area contributed by atoms with Crippen LogP contribution in [0.15, 0.2) is 206 Å².